The second kappa shape index (κ2) is 7.75. The molecule has 0 saturated carbocycles. The van der Waals surface area contributed by atoms with Crippen LogP contribution in [0.4, 0.5) is 5.13 Å². The molecule has 142 valence electrons. The molecule has 1 aliphatic heterocycles. The highest BCUT2D eigenvalue weighted by Crippen LogP contribution is 2.36. The Labute approximate surface area is 179 Å². The first-order valence-electron chi connectivity index (χ1n) is 8.14. The Bertz CT molecular complexity index is 1130. The number of amides is 1. The number of aryl methyl sites for hydroxylation is 1. The Morgan fingerprint density at radius 2 is 2.07 bits per heavy atom. The fraction of sp³-hybridized carbons (Fsp3) is 0.105. The molecule has 28 heavy (non-hydrogen) atoms. The Morgan fingerprint density at radius 1 is 1.25 bits per heavy atom. The van der Waals surface area contributed by atoms with Crippen molar-refractivity contribution in [3.8, 4) is 11.3 Å². The number of aromatic nitrogens is 1. The first kappa shape index (κ1) is 19.3. The van der Waals surface area contributed by atoms with Crippen molar-refractivity contribution in [2.75, 3.05) is 7.05 Å². The van der Waals surface area contributed by atoms with Crippen LogP contribution < -0.4 is 0 Å². The number of halogens is 2. The highest BCUT2D eigenvalue weighted by molar-refractivity contribution is 8.18. The number of nitrogens with zero attached hydrogens (tertiary/aromatic N) is 3. The van der Waals surface area contributed by atoms with Crippen molar-refractivity contribution in [2.24, 2.45) is 4.99 Å². The number of thiazole rings is 1. The van der Waals surface area contributed by atoms with Gasteiger partial charge < -0.3 is 4.42 Å². The number of benzene rings is 1. The smallest absolute Gasteiger partial charge is 0.266 e. The third-order valence-corrected chi connectivity index (χ3v) is 6.37. The van der Waals surface area contributed by atoms with Gasteiger partial charge in [-0.2, -0.15) is 4.99 Å². The Hall–Kier alpha value is -2.06. The molecule has 0 bridgehead atoms. The van der Waals surface area contributed by atoms with Gasteiger partial charge in [0.1, 0.15) is 11.5 Å². The van der Waals surface area contributed by atoms with Crippen molar-refractivity contribution in [1.82, 2.24) is 9.88 Å². The van der Waals surface area contributed by atoms with Crippen LogP contribution >= 0.6 is 46.3 Å². The molecule has 0 spiro atoms. The summed E-state index contributed by atoms with van der Waals surface area (Å²) in [5.41, 5.74) is 1.60. The van der Waals surface area contributed by atoms with E-state index in [0.717, 1.165) is 5.69 Å². The SMILES string of the molecule is Cc1csc(/N=C2/S/C(=C/c3ccc(-c4cc(Cl)ccc4Cl)o3)C(=O)N2C)n1. The molecule has 1 aliphatic rings. The summed E-state index contributed by atoms with van der Waals surface area (Å²) >= 11 is 15.0. The van der Waals surface area contributed by atoms with Crippen LogP contribution in [0, 0.1) is 6.92 Å². The van der Waals surface area contributed by atoms with Gasteiger partial charge in [0.05, 0.1) is 15.6 Å². The molecule has 4 rings (SSSR count). The fourth-order valence-electron chi connectivity index (χ4n) is 2.52. The van der Waals surface area contributed by atoms with Gasteiger partial charge >= 0.3 is 0 Å². The van der Waals surface area contributed by atoms with E-state index in [1.807, 2.05) is 12.3 Å². The Kier molecular flexibility index (Phi) is 5.33. The molecular weight excluding hydrogens is 437 g/mol. The Morgan fingerprint density at radius 3 is 2.82 bits per heavy atom. The number of amidine groups is 1. The summed E-state index contributed by atoms with van der Waals surface area (Å²) in [6.07, 6.45) is 1.70. The first-order chi connectivity index (χ1) is 13.4. The number of hydrogen-bond donors (Lipinski definition) is 0. The molecule has 0 N–H and O–H groups in total. The topological polar surface area (TPSA) is 58.7 Å². The number of rotatable bonds is 3. The second-order valence-electron chi connectivity index (χ2n) is 5.97. The molecule has 2 aromatic heterocycles. The van der Waals surface area contributed by atoms with E-state index >= 15 is 0 Å². The van der Waals surface area contributed by atoms with E-state index < -0.39 is 0 Å². The van der Waals surface area contributed by atoms with Crippen LogP contribution in [0.25, 0.3) is 17.4 Å². The van der Waals surface area contributed by atoms with Gasteiger partial charge in [-0.3, -0.25) is 9.69 Å². The van der Waals surface area contributed by atoms with Gasteiger partial charge in [0.15, 0.2) is 5.17 Å². The highest BCUT2D eigenvalue weighted by Gasteiger charge is 2.31. The molecule has 0 atom stereocenters. The van der Waals surface area contributed by atoms with E-state index in [9.17, 15) is 4.79 Å². The molecule has 0 aliphatic carbocycles. The predicted octanol–water partition coefficient (Wildman–Crippen LogP) is 6.25. The van der Waals surface area contributed by atoms with Gasteiger partial charge in [0.2, 0.25) is 5.13 Å². The average molecular weight is 450 g/mol. The molecular formula is C19H13Cl2N3O2S2. The van der Waals surface area contributed by atoms with Crippen LogP contribution in [-0.4, -0.2) is 28.0 Å². The zero-order valence-corrected chi connectivity index (χ0v) is 17.9. The van der Waals surface area contributed by atoms with Gasteiger partial charge in [-0.1, -0.05) is 23.2 Å². The number of thioether (sulfide) groups is 1. The second-order valence-corrected chi connectivity index (χ2v) is 8.66. The standard InChI is InChI=1S/C19H13Cl2N3O2S2/c1-10-9-27-18(22-10)23-19-24(2)17(25)16(28-19)8-12-4-6-15(26-12)13-7-11(20)3-5-14(13)21/h3-9H,1-2H3/b16-8+,23-19+. The third-order valence-electron chi connectivity index (χ3n) is 3.90. The largest absolute Gasteiger partial charge is 0.457 e. The lowest BCUT2D eigenvalue weighted by Gasteiger charge is -2.05. The highest BCUT2D eigenvalue weighted by atomic mass is 35.5. The van der Waals surface area contributed by atoms with Crippen molar-refractivity contribution < 1.29 is 9.21 Å². The molecule has 9 heteroatoms. The zero-order chi connectivity index (χ0) is 19.8. The van der Waals surface area contributed by atoms with Crippen LogP contribution in [0.5, 0.6) is 0 Å². The summed E-state index contributed by atoms with van der Waals surface area (Å²) in [7, 11) is 1.69. The van der Waals surface area contributed by atoms with Crippen molar-refractivity contribution >= 4 is 68.6 Å². The van der Waals surface area contributed by atoms with Crippen LogP contribution in [0.3, 0.4) is 0 Å². The van der Waals surface area contributed by atoms with Crippen molar-refractivity contribution in [3.63, 3.8) is 0 Å². The van der Waals surface area contributed by atoms with Crippen LogP contribution in [0.1, 0.15) is 11.5 Å². The molecule has 0 unspecified atom stereocenters. The fourth-order valence-corrected chi connectivity index (χ4v) is 4.57. The van der Waals surface area contributed by atoms with Gasteiger partial charge in [-0.05, 0) is 49.0 Å². The summed E-state index contributed by atoms with van der Waals surface area (Å²) in [5, 5.41) is 4.23. The summed E-state index contributed by atoms with van der Waals surface area (Å²) in [6.45, 7) is 1.91. The molecule has 1 fully saturated rings. The monoisotopic (exact) mass is 449 g/mol. The minimum absolute atomic E-state index is 0.143. The maximum atomic E-state index is 12.5. The van der Waals surface area contributed by atoms with Gasteiger partial charge in [0, 0.05) is 29.1 Å². The average Bonchev–Trinajstić information content (AvgIpc) is 3.35. The van der Waals surface area contributed by atoms with E-state index in [1.54, 1.807) is 43.5 Å². The number of carbonyl (C=O) groups excluding carboxylic acids is 1. The predicted molar refractivity (Wildman–Crippen MR) is 116 cm³/mol. The first-order valence-corrected chi connectivity index (χ1v) is 10.6. The van der Waals surface area contributed by atoms with Crippen molar-refractivity contribution in [1.29, 1.82) is 0 Å². The summed E-state index contributed by atoms with van der Waals surface area (Å²) in [6, 6.07) is 8.75. The van der Waals surface area contributed by atoms with E-state index in [-0.39, 0.29) is 5.91 Å². The van der Waals surface area contributed by atoms with Crippen LogP contribution in [0.15, 0.2) is 50.0 Å². The molecule has 1 amide bonds. The normalized spacial score (nSPS) is 17.3. The maximum absolute atomic E-state index is 12.5. The lowest BCUT2D eigenvalue weighted by atomic mass is 10.2. The van der Waals surface area contributed by atoms with E-state index in [2.05, 4.69) is 9.98 Å². The van der Waals surface area contributed by atoms with Crippen molar-refractivity contribution in [3.05, 3.63) is 62.1 Å². The molecule has 3 heterocycles. The number of likely N-dealkylation sites (N-methyl/N-ethyl adjacent to an activating group) is 1. The van der Waals surface area contributed by atoms with Crippen LogP contribution in [0.2, 0.25) is 10.0 Å². The molecule has 0 radical (unpaired) electrons. The number of aliphatic imine (C=N–C) groups is 1. The third kappa shape index (κ3) is 3.89. The van der Waals surface area contributed by atoms with Gasteiger partial charge in [-0.25, -0.2) is 4.98 Å². The summed E-state index contributed by atoms with van der Waals surface area (Å²) < 4.78 is 5.85. The lowest BCUT2D eigenvalue weighted by Crippen LogP contribution is -2.23. The quantitative estimate of drug-likeness (QED) is 0.443. The number of carbonyl (C=O) groups is 1. The molecule has 3 aromatic rings. The molecule has 1 aromatic carbocycles. The lowest BCUT2D eigenvalue weighted by molar-refractivity contribution is -0.121. The van der Waals surface area contributed by atoms with Gasteiger partial charge in [0.25, 0.3) is 5.91 Å². The molecule has 5 nitrogen and oxygen atoms in total. The van der Waals surface area contributed by atoms with Crippen LogP contribution in [-0.2, 0) is 4.79 Å². The molecule has 1 saturated heterocycles. The van der Waals surface area contributed by atoms with Crippen molar-refractivity contribution in [2.45, 2.75) is 6.92 Å². The zero-order valence-electron chi connectivity index (χ0n) is 14.8. The number of hydrogen-bond acceptors (Lipinski definition) is 6. The van der Waals surface area contributed by atoms with E-state index in [4.69, 9.17) is 27.6 Å². The van der Waals surface area contributed by atoms with E-state index in [0.29, 0.717) is 42.3 Å². The summed E-state index contributed by atoms with van der Waals surface area (Å²) in [5.74, 6) is 0.979. The number of furan rings is 1. The minimum Gasteiger partial charge on any atom is -0.457 e. The minimum atomic E-state index is -0.143. The summed E-state index contributed by atoms with van der Waals surface area (Å²) in [4.78, 5) is 23.4. The van der Waals surface area contributed by atoms with E-state index in [1.165, 1.54) is 28.0 Å². The van der Waals surface area contributed by atoms with Gasteiger partial charge in [-0.15, -0.1) is 11.3 Å². The Balaban J connectivity index is 1.61. The maximum Gasteiger partial charge on any atom is 0.266 e.